The van der Waals surface area contributed by atoms with Crippen LogP contribution in [0.3, 0.4) is 0 Å². The van der Waals surface area contributed by atoms with Gasteiger partial charge in [0.15, 0.2) is 0 Å². The monoisotopic (exact) mass is 249 g/mol. The second-order valence-electron chi connectivity index (χ2n) is 3.36. The Balaban J connectivity index is 2.48. The van der Waals surface area contributed by atoms with Crippen molar-refractivity contribution in [2.45, 2.75) is 12.9 Å². The van der Waals surface area contributed by atoms with Gasteiger partial charge < -0.3 is 14.8 Å². The number of nitrogens with one attached hydrogen (secondary N) is 1. The molecule has 0 fully saturated rings. The van der Waals surface area contributed by atoms with Crippen LogP contribution in [0.5, 0.6) is 5.75 Å². The lowest BCUT2D eigenvalue weighted by Gasteiger charge is -2.10. The van der Waals surface area contributed by atoms with Crippen molar-refractivity contribution in [3.05, 3.63) is 29.8 Å². The Morgan fingerprint density at radius 1 is 1.29 bits per heavy atom. The number of rotatable bonds is 6. The first kappa shape index (κ1) is 13.8. The molecule has 96 valence electrons. The smallest absolute Gasteiger partial charge is 0.406 e. The Hall–Kier alpha value is -1.27. The third-order valence-electron chi connectivity index (χ3n) is 1.94. The summed E-state index contributed by atoms with van der Waals surface area (Å²) >= 11 is 0. The molecule has 6 heteroatoms. The minimum absolute atomic E-state index is 0.205. The highest BCUT2D eigenvalue weighted by atomic mass is 19.4. The Bertz CT molecular complexity index is 342. The highest BCUT2D eigenvalue weighted by Gasteiger charge is 2.30. The predicted octanol–water partition coefficient (Wildman–Crippen LogP) is 2.32. The third-order valence-corrected chi connectivity index (χ3v) is 1.94. The third kappa shape index (κ3) is 6.13. The molecule has 0 bridgehead atoms. The van der Waals surface area contributed by atoms with Crippen molar-refractivity contribution in [3.8, 4) is 5.75 Å². The average molecular weight is 249 g/mol. The van der Waals surface area contributed by atoms with Crippen molar-refractivity contribution in [3.63, 3.8) is 0 Å². The van der Waals surface area contributed by atoms with Crippen LogP contribution in [0, 0.1) is 0 Å². The van der Waals surface area contributed by atoms with Gasteiger partial charge in [0.05, 0.1) is 6.61 Å². The first-order valence-electron chi connectivity index (χ1n) is 5.05. The fourth-order valence-electron chi connectivity index (χ4n) is 1.26. The number of hydrogen-bond acceptors (Lipinski definition) is 3. The molecule has 0 atom stereocenters. The molecule has 0 spiro atoms. The van der Waals surface area contributed by atoms with Gasteiger partial charge in [0.25, 0.3) is 0 Å². The number of methoxy groups -OCH3 is 1. The van der Waals surface area contributed by atoms with E-state index in [-0.39, 0.29) is 5.75 Å². The summed E-state index contributed by atoms with van der Waals surface area (Å²) in [6.45, 7) is 1.66. The van der Waals surface area contributed by atoms with Crippen molar-refractivity contribution >= 4 is 0 Å². The molecular formula is C11H14F3NO2. The van der Waals surface area contributed by atoms with E-state index in [1.807, 2.05) is 0 Å². The molecule has 0 radical (unpaired) electrons. The van der Waals surface area contributed by atoms with Crippen LogP contribution in [-0.2, 0) is 11.3 Å². The van der Waals surface area contributed by atoms with Crippen LogP contribution in [0.4, 0.5) is 13.2 Å². The summed E-state index contributed by atoms with van der Waals surface area (Å²) < 4.78 is 44.6. The van der Waals surface area contributed by atoms with Gasteiger partial charge in [-0.15, -0.1) is 13.2 Å². The number of benzene rings is 1. The van der Waals surface area contributed by atoms with E-state index in [2.05, 4.69) is 10.1 Å². The maximum absolute atomic E-state index is 12.0. The molecular weight excluding hydrogens is 235 g/mol. The molecule has 0 aliphatic rings. The molecule has 0 aliphatic heterocycles. The summed E-state index contributed by atoms with van der Waals surface area (Å²) in [7, 11) is 1.58. The van der Waals surface area contributed by atoms with E-state index in [0.717, 1.165) is 5.56 Å². The van der Waals surface area contributed by atoms with Crippen molar-refractivity contribution in [1.82, 2.24) is 5.32 Å². The van der Waals surface area contributed by atoms with Crippen molar-refractivity contribution in [2.75, 3.05) is 20.3 Å². The minimum Gasteiger partial charge on any atom is -0.406 e. The van der Waals surface area contributed by atoms with Crippen LogP contribution in [0.2, 0.25) is 0 Å². The van der Waals surface area contributed by atoms with Crippen molar-refractivity contribution in [2.24, 2.45) is 0 Å². The van der Waals surface area contributed by atoms with E-state index in [4.69, 9.17) is 4.74 Å². The van der Waals surface area contributed by atoms with E-state index >= 15 is 0 Å². The zero-order valence-electron chi connectivity index (χ0n) is 9.38. The molecule has 0 amide bonds. The predicted molar refractivity (Wildman–Crippen MR) is 56.7 cm³/mol. The molecule has 1 rings (SSSR count). The van der Waals surface area contributed by atoms with Gasteiger partial charge in [0.2, 0.25) is 0 Å². The molecule has 0 aliphatic carbocycles. The summed E-state index contributed by atoms with van der Waals surface area (Å²) in [5.41, 5.74) is 0.725. The normalized spacial score (nSPS) is 11.5. The maximum atomic E-state index is 12.0. The molecule has 17 heavy (non-hydrogen) atoms. The SMILES string of the molecule is COCCNCc1cccc(OC(F)(F)F)c1. The summed E-state index contributed by atoms with van der Waals surface area (Å²) in [4.78, 5) is 0. The second kappa shape index (κ2) is 6.46. The molecule has 1 N–H and O–H groups in total. The molecule has 1 aromatic rings. The number of halogens is 3. The first-order chi connectivity index (χ1) is 8.01. The van der Waals surface area contributed by atoms with Gasteiger partial charge in [-0.2, -0.15) is 0 Å². The fourth-order valence-corrected chi connectivity index (χ4v) is 1.26. The Morgan fingerprint density at radius 3 is 2.71 bits per heavy atom. The van der Waals surface area contributed by atoms with Gasteiger partial charge in [-0.25, -0.2) is 0 Å². The van der Waals surface area contributed by atoms with Crippen LogP contribution in [0.25, 0.3) is 0 Å². The molecule has 0 saturated heterocycles. The fraction of sp³-hybridized carbons (Fsp3) is 0.455. The summed E-state index contributed by atoms with van der Waals surface area (Å²) in [5, 5.41) is 3.03. The maximum Gasteiger partial charge on any atom is 0.573 e. The highest BCUT2D eigenvalue weighted by molar-refractivity contribution is 5.28. The van der Waals surface area contributed by atoms with E-state index in [1.165, 1.54) is 18.2 Å². The summed E-state index contributed by atoms with van der Waals surface area (Å²) in [6, 6.07) is 5.87. The van der Waals surface area contributed by atoms with E-state index < -0.39 is 6.36 Å². The lowest BCUT2D eigenvalue weighted by Crippen LogP contribution is -2.19. The van der Waals surface area contributed by atoms with Gasteiger partial charge in [-0.05, 0) is 17.7 Å². The summed E-state index contributed by atoms with van der Waals surface area (Å²) in [5.74, 6) is -0.205. The Kier molecular flexibility index (Phi) is 5.24. The quantitative estimate of drug-likeness (QED) is 0.785. The molecule has 0 heterocycles. The topological polar surface area (TPSA) is 30.5 Å². The largest absolute Gasteiger partial charge is 0.573 e. The zero-order valence-corrected chi connectivity index (χ0v) is 9.38. The lowest BCUT2D eigenvalue weighted by molar-refractivity contribution is -0.274. The van der Waals surface area contributed by atoms with Crippen LogP contribution >= 0.6 is 0 Å². The molecule has 0 aromatic heterocycles. The van der Waals surface area contributed by atoms with Gasteiger partial charge in [0.1, 0.15) is 5.75 Å². The first-order valence-corrected chi connectivity index (χ1v) is 5.05. The van der Waals surface area contributed by atoms with Crippen LogP contribution in [-0.4, -0.2) is 26.6 Å². The van der Waals surface area contributed by atoms with E-state index in [1.54, 1.807) is 13.2 Å². The lowest BCUT2D eigenvalue weighted by atomic mass is 10.2. The minimum atomic E-state index is -4.65. The van der Waals surface area contributed by atoms with Crippen molar-refractivity contribution < 1.29 is 22.6 Å². The van der Waals surface area contributed by atoms with E-state index in [0.29, 0.717) is 19.7 Å². The van der Waals surface area contributed by atoms with Crippen molar-refractivity contribution in [1.29, 1.82) is 0 Å². The Morgan fingerprint density at radius 2 is 2.06 bits per heavy atom. The molecule has 1 aromatic carbocycles. The van der Waals surface area contributed by atoms with E-state index in [9.17, 15) is 13.2 Å². The number of hydrogen-bond donors (Lipinski definition) is 1. The van der Waals surface area contributed by atoms with Crippen LogP contribution < -0.4 is 10.1 Å². The molecule has 3 nitrogen and oxygen atoms in total. The zero-order chi connectivity index (χ0) is 12.7. The van der Waals surface area contributed by atoms with Crippen LogP contribution in [0.1, 0.15) is 5.56 Å². The number of alkyl halides is 3. The standard InChI is InChI=1S/C11H14F3NO2/c1-16-6-5-15-8-9-3-2-4-10(7-9)17-11(12,13)14/h2-4,7,15H,5-6,8H2,1H3. The second-order valence-corrected chi connectivity index (χ2v) is 3.36. The van der Waals surface area contributed by atoms with Gasteiger partial charge >= 0.3 is 6.36 Å². The highest BCUT2D eigenvalue weighted by Crippen LogP contribution is 2.23. The van der Waals surface area contributed by atoms with Gasteiger partial charge in [0, 0.05) is 20.2 Å². The molecule has 0 saturated carbocycles. The average Bonchev–Trinajstić information content (AvgIpc) is 2.23. The summed E-state index contributed by atoms with van der Waals surface area (Å²) in [6.07, 6.45) is -4.65. The van der Waals surface area contributed by atoms with Crippen LogP contribution in [0.15, 0.2) is 24.3 Å². The molecule has 0 unspecified atom stereocenters. The van der Waals surface area contributed by atoms with Gasteiger partial charge in [-0.3, -0.25) is 0 Å². The van der Waals surface area contributed by atoms with Gasteiger partial charge in [-0.1, -0.05) is 12.1 Å². The Labute approximate surface area is 97.5 Å². The number of ether oxygens (including phenoxy) is 2.